The number of para-hydroxylation sites is 2. The zero-order valence-electron chi connectivity index (χ0n) is 12.1. The van der Waals surface area contributed by atoms with E-state index in [1.807, 2.05) is 42.5 Å². The Hall–Kier alpha value is -1.52. The Balaban J connectivity index is 1.97. The molecule has 2 rings (SSSR count). The Morgan fingerprint density at radius 2 is 1.71 bits per heavy atom. The van der Waals surface area contributed by atoms with Crippen LogP contribution < -0.4 is 15.2 Å². The van der Waals surface area contributed by atoms with Crippen LogP contribution >= 0.6 is 15.9 Å². The van der Waals surface area contributed by atoms with Crippen LogP contribution in [0, 0.1) is 0 Å². The van der Waals surface area contributed by atoms with Gasteiger partial charge in [-0.1, -0.05) is 46.3 Å². The Kier molecular flexibility index (Phi) is 6.08. The number of rotatable bonds is 7. The Bertz CT molecular complexity index is 574. The number of ether oxygens (including phenoxy) is 2. The average Bonchev–Trinajstić information content (AvgIpc) is 2.53. The Morgan fingerprint density at radius 1 is 1.05 bits per heavy atom. The van der Waals surface area contributed by atoms with E-state index in [9.17, 15) is 0 Å². The van der Waals surface area contributed by atoms with Crippen LogP contribution in [0.2, 0.25) is 0 Å². The highest BCUT2D eigenvalue weighted by molar-refractivity contribution is 9.10. The van der Waals surface area contributed by atoms with Crippen LogP contribution in [0.25, 0.3) is 0 Å². The largest absolute Gasteiger partial charge is 0.493 e. The minimum Gasteiger partial charge on any atom is -0.493 e. The monoisotopic (exact) mass is 349 g/mol. The van der Waals surface area contributed by atoms with Gasteiger partial charge in [-0.25, -0.2) is 0 Å². The molecule has 0 radical (unpaired) electrons. The number of methoxy groups -OCH3 is 1. The molecule has 0 saturated heterocycles. The molecule has 0 saturated carbocycles. The number of benzene rings is 2. The fourth-order valence-corrected chi connectivity index (χ4v) is 2.86. The molecule has 0 spiro atoms. The number of hydrogen-bond acceptors (Lipinski definition) is 3. The molecule has 112 valence electrons. The van der Waals surface area contributed by atoms with Crippen LogP contribution in [0.3, 0.4) is 0 Å². The zero-order chi connectivity index (χ0) is 15.1. The fourth-order valence-electron chi connectivity index (χ4n) is 2.26. The van der Waals surface area contributed by atoms with Crippen LogP contribution in [-0.2, 0) is 0 Å². The quantitative estimate of drug-likeness (QED) is 0.822. The fraction of sp³-hybridized carbons (Fsp3) is 0.294. The van der Waals surface area contributed by atoms with Gasteiger partial charge in [0.1, 0.15) is 0 Å². The van der Waals surface area contributed by atoms with Crippen LogP contribution in [0.1, 0.15) is 17.9 Å². The third-order valence-electron chi connectivity index (χ3n) is 3.42. The Labute approximate surface area is 134 Å². The zero-order valence-corrected chi connectivity index (χ0v) is 13.7. The average molecular weight is 350 g/mol. The summed E-state index contributed by atoms with van der Waals surface area (Å²) in [5.41, 5.74) is 7.13. The minimum atomic E-state index is 0.273. The maximum atomic E-state index is 5.91. The lowest BCUT2D eigenvalue weighted by molar-refractivity contribution is 0.280. The van der Waals surface area contributed by atoms with E-state index in [2.05, 4.69) is 22.0 Å². The molecular weight excluding hydrogens is 330 g/mol. The third-order valence-corrected chi connectivity index (χ3v) is 4.14. The molecule has 2 aromatic carbocycles. The lowest BCUT2D eigenvalue weighted by Gasteiger charge is -2.17. The molecule has 2 N–H and O–H groups in total. The molecule has 0 aromatic heterocycles. The van der Waals surface area contributed by atoms with Crippen LogP contribution in [-0.4, -0.2) is 20.3 Å². The van der Waals surface area contributed by atoms with Gasteiger partial charge in [0.25, 0.3) is 0 Å². The highest BCUT2D eigenvalue weighted by Gasteiger charge is 2.13. The van der Waals surface area contributed by atoms with Crippen molar-refractivity contribution in [3.63, 3.8) is 0 Å². The van der Waals surface area contributed by atoms with E-state index < -0.39 is 0 Å². The lowest BCUT2D eigenvalue weighted by Crippen LogP contribution is -2.16. The van der Waals surface area contributed by atoms with Crippen molar-refractivity contribution in [2.24, 2.45) is 5.73 Å². The van der Waals surface area contributed by atoms with E-state index in [-0.39, 0.29) is 5.92 Å². The molecule has 0 aliphatic heterocycles. The lowest BCUT2D eigenvalue weighted by atomic mass is 9.96. The molecule has 2 aromatic rings. The van der Waals surface area contributed by atoms with Gasteiger partial charge in [-0.15, -0.1) is 0 Å². The molecule has 0 amide bonds. The predicted octanol–water partition coefficient (Wildman–Crippen LogP) is 3.97. The van der Waals surface area contributed by atoms with Crippen LogP contribution in [0.5, 0.6) is 11.5 Å². The molecule has 3 nitrogen and oxygen atoms in total. The van der Waals surface area contributed by atoms with Crippen molar-refractivity contribution in [1.29, 1.82) is 0 Å². The first-order valence-electron chi connectivity index (χ1n) is 6.96. The molecule has 1 atom stereocenters. The summed E-state index contributed by atoms with van der Waals surface area (Å²) < 4.78 is 12.2. The van der Waals surface area contributed by atoms with Gasteiger partial charge in [-0.05, 0) is 36.7 Å². The summed E-state index contributed by atoms with van der Waals surface area (Å²) >= 11 is 3.58. The molecule has 0 fully saturated rings. The predicted molar refractivity (Wildman–Crippen MR) is 89.0 cm³/mol. The normalized spacial score (nSPS) is 12.0. The molecule has 0 bridgehead atoms. The highest BCUT2D eigenvalue weighted by Crippen LogP contribution is 2.29. The van der Waals surface area contributed by atoms with Gasteiger partial charge in [0.2, 0.25) is 0 Å². The summed E-state index contributed by atoms with van der Waals surface area (Å²) in [6.45, 7) is 1.20. The first-order chi connectivity index (χ1) is 10.3. The maximum absolute atomic E-state index is 5.91. The highest BCUT2D eigenvalue weighted by atomic mass is 79.9. The van der Waals surface area contributed by atoms with Crippen molar-refractivity contribution in [1.82, 2.24) is 0 Å². The second-order valence-electron chi connectivity index (χ2n) is 4.74. The van der Waals surface area contributed by atoms with Gasteiger partial charge < -0.3 is 15.2 Å². The van der Waals surface area contributed by atoms with E-state index in [1.54, 1.807) is 7.11 Å². The van der Waals surface area contributed by atoms with Crippen molar-refractivity contribution in [2.75, 3.05) is 20.3 Å². The number of hydrogen-bond donors (Lipinski definition) is 1. The summed E-state index contributed by atoms with van der Waals surface area (Å²) in [6, 6.07) is 15.8. The van der Waals surface area contributed by atoms with E-state index in [0.717, 1.165) is 22.4 Å². The molecule has 1 unspecified atom stereocenters. The summed E-state index contributed by atoms with van der Waals surface area (Å²) in [4.78, 5) is 0. The van der Waals surface area contributed by atoms with E-state index in [1.165, 1.54) is 5.56 Å². The van der Waals surface area contributed by atoms with E-state index in [0.29, 0.717) is 13.2 Å². The van der Waals surface area contributed by atoms with Gasteiger partial charge in [-0.3, -0.25) is 0 Å². The van der Waals surface area contributed by atoms with Crippen molar-refractivity contribution < 1.29 is 9.47 Å². The standard InChI is InChI=1S/C17H20BrNO2/c1-20-16-8-4-5-9-17(16)21-11-10-13(12-19)14-6-2-3-7-15(14)18/h2-9,13H,10-12,19H2,1H3. The van der Waals surface area contributed by atoms with Crippen molar-refractivity contribution in [3.8, 4) is 11.5 Å². The molecule has 4 heteroatoms. The van der Waals surface area contributed by atoms with E-state index in [4.69, 9.17) is 15.2 Å². The summed E-state index contributed by atoms with van der Waals surface area (Å²) in [6.07, 6.45) is 0.858. The van der Waals surface area contributed by atoms with Crippen molar-refractivity contribution in [2.45, 2.75) is 12.3 Å². The second-order valence-corrected chi connectivity index (χ2v) is 5.60. The smallest absolute Gasteiger partial charge is 0.161 e. The molecule has 0 aliphatic rings. The van der Waals surface area contributed by atoms with Crippen LogP contribution in [0.15, 0.2) is 53.0 Å². The first-order valence-corrected chi connectivity index (χ1v) is 7.76. The third kappa shape index (κ3) is 4.22. The van der Waals surface area contributed by atoms with Crippen LogP contribution in [0.4, 0.5) is 0 Å². The SMILES string of the molecule is COc1ccccc1OCCC(CN)c1ccccc1Br. The summed E-state index contributed by atoms with van der Waals surface area (Å²) in [5, 5.41) is 0. The van der Waals surface area contributed by atoms with Gasteiger partial charge >= 0.3 is 0 Å². The van der Waals surface area contributed by atoms with E-state index >= 15 is 0 Å². The Morgan fingerprint density at radius 3 is 2.38 bits per heavy atom. The van der Waals surface area contributed by atoms with Crippen molar-refractivity contribution >= 4 is 15.9 Å². The molecule has 0 heterocycles. The number of halogens is 1. The minimum absolute atomic E-state index is 0.273. The van der Waals surface area contributed by atoms with Crippen molar-refractivity contribution in [3.05, 3.63) is 58.6 Å². The summed E-state index contributed by atoms with van der Waals surface area (Å²) in [5.74, 6) is 1.79. The van der Waals surface area contributed by atoms with Gasteiger partial charge in [-0.2, -0.15) is 0 Å². The summed E-state index contributed by atoms with van der Waals surface area (Å²) in [7, 11) is 1.64. The van der Waals surface area contributed by atoms with Gasteiger partial charge in [0.15, 0.2) is 11.5 Å². The maximum Gasteiger partial charge on any atom is 0.161 e. The van der Waals surface area contributed by atoms with Gasteiger partial charge in [0, 0.05) is 10.4 Å². The topological polar surface area (TPSA) is 44.5 Å². The molecular formula is C17H20BrNO2. The van der Waals surface area contributed by atoms with Gasteiger partial charge in [0.05, 0.1) is 13.7 Å². The molecule has 0 aliphatic carbocycles. The second kappa shape index (κ2) is 8.05. The first kappa shape index (κ1) is 15.9. The molecule has 21 heavy (non-hydrogen) atoms. The number of nitrogens with two attached hydrogens (primary N) is 1.